The van der Waals surface area contributed by atoms with Gasteiger partial charge in [-0.3, -0.25) is 4.79 Å². The summed E-state index contributed by atoms with van der Waals surface area (Å²) in [4.78, 5) is 10.6. The molecular formula is C16H14O6. The molecule has 0 amide bonds. The molecule has 114 valence electrons. The zero-order valence-corrected chi connectivity index (χ0v) is 11.6. The summed E-state index contributed by atoms with van der Waals surface area (Å²) in [5.41, 5.74) is 0.967. The number of ether oxygens (including phenoxy) is 3. The van der Waals surface area contributed by atoms with Crippen molar-refractivity contribution in [2.24, 2.45) is 0 Å². The number of aldehydes is 1. The van der Waals surface area contributed by atoms with Gasteiger partial charge in [0.1, 0.15) is 19.0 Å². The van der Waals surface area contributed by atoms with Gasteiger partial charge in [-0.15, -0.1) is 0 Å². The Hall–Kier alpha value is -2.73. The summed E-state index contributed by atoms with van der Waals surface area (Å²) in [5, 5.41) is 19.9. The monoisotopic (exact) mass is 302 g/mol. The van der Waals surface area contributed by atoms with E-state index in [1.807, 2.05) is 0 Å². The third kappa shape index (κ3) is 2.82. The Morgan fingerprint density at radius 3 is 2.77 bits per heavy atom. The molecule has 6 heteroatoms. The fourth-order valence-corrected chi connectivity index (χ4v) is 2.12. The predicted octanol–water partition coefficient (Wildman–Crippen LogP) is 2.05. The second-order valence-corrected chi connectivity index (χ2v) is 4.78. The van der Waals surface area contributed by atoms with Gasteiger partial charge in [-0.05, 0) is 35.9 Å². The smallest absolute Gasteiger partial charge is 0.231 e. The van der Waals surface area contributed by atoms with Crippen molar-refractivity contribution in [1.29, 1.82) is 0 Å². The summed E-state index contributed by atoms with van der Waals surface area (Å²) < 4.78 is 15.8. The first kappa shape index (κ1) is 14.2. The molecule has 0 aromatic heterocycles. The van der Waals surface area contributed by atoms with Gasteiger partial charge in [-0.2, -0.15) is 0 Å². The third-order valence-electron chi connectivity index (χ3n) is 3.30. The molecule has 0 aliphatic carbocycles. The lowest BCUT2D eigenvalue weighted by atomic mass is 10.1. The Balaban J connectivity index is 1.67. The molecule has 0 fully saturated rings. The summed E-state index contributed by atoms with van der Waals surface area (Å²) in [7, 11) is 0. The van der Waals surface area contributed by atoms with Gasteiger partial charge >= 0.3 is 0 Å². The number of carbonyl (C=O) groups excluding carboxylic acids is 1. The maximum absolute atomic E-state index is 10.6. The highest BCUT2D eigenvalue weighted by Crippen LogP contribution is 2.34. The molecule has 0 saturated heterocycles. The zero-order chi connectivity index (χ0) is 15.5. The summed E-state index contributed by atoms with van der Waals surface area (Å²) in [6.07, 6.45) is -0.259. The van der Waals surface area contributed by atoms with Gasteiger partial charge in [0.25, 0.3) is 0 Å². The van der Waals surface area contributed by atoms with Crippen molar-refractivity contribution in [3.05, 3.63) is 47.5 Å². The topological polar surface area (TPSA) is 85.2 Å². The molecule has 22 heavy (non-hydrogen) atoms. The maximum atomic E-state index is 10.6. The first-order valence-electron chi connectivity index (χ1n) is 6.66. The molecule has 0 radical (unpaired) electrons. The number of rotatable bonds is 5. The number of hydrogen-bond acceptors (Lipinski definition) is 6. The van der Waals surface area contributed by atoms with E-state index in [4.69, 9.17) is 14.2 Å². The van der Waals surface area contributed by atoms with E-state index in [-0.39, 0.29) is 24.9 Å². The molecule has 1 aliphatic heterocycles. The van der Waals surface area contributed by atoms with E-state index in [0.717, 1.165) is 0 Å². The van der Waals surface area contributed by atoms with Crippen LogP contribution in [0.2, 0.25) is 0 Å². The van der Waals surface area contributed by atoms with E-state index in [1.54, 1.807) is 18.2 Å². The number of phenols is 1. The van der Waals surface area contributed by atoms with Gasteiger partial charge in [0, 0.05) is 5.56 Å². The number of fused-ring (bicyclic) bond motifs is 1. The van der Waals surface area contributed by atoms with Crippen LogP contribution in [-0.2, 0) is 0 Å². The predicted molar refractivity (Wildman–Crippen MR) is 76.5 cm³/mol. The van der Waals surface area contributed by atoms with Gasteiger partial charge in [-0.1, -0.05) is 6.07 Å². The lowest BCUT2D eigenvalue weighted by Gasteiger charge is -2.14. The summed E-state index contributed by atoms with van der Waals surface area (Å²) in [6.45, 7) is 0.121. The molecule has 2 aromatic carbocycles. The molecule has 0 spiro atoms. The Bertz CT molecular complexity index is 697. The summed E-state index contributed by atoms with van der Waals surface area (Å²) in [6, 6.07) is 9.43. The molecule has 6 nitrogen and oxygen atoms in total. The van der Waals surface area contributed by atoms with E-state index >= 15 is 0 Å². The van der Waals surface area contributed by atoms with Crippen LogP contribution in [0.15, 0.2) is 36.4 Å². The molecule has 0 bridgehead atoms. The van der Waals surface area contributed by atoms with E-state index in [9.17, 15) is 15.0 Å². The zero-order valence-electron chi connectivity index (χ0n) is 11.6. The highest BCUT2D eigenvalue weighted by atomic mass is 16.7. The minimum atomic E-state index is -0.889. The fourth-order valence-electron chi connectivity index (χ4n) is 2.12. The van der Waals surface area contributed by atoms with Crippen molar-refractivity contribution in [1.82, 2.24) is 0 Å². The number of aliphatic hydroxyl groups is 1. The molecule has 2 aromatic rings. The number of aromatic hydroxyl groups is 1. The van der Waals surface area contributed by atoms with Crippen molar-refractivity contribution in [3.63, 3.8) is 0 Å². The van der Waals surface area contributed by atoms with Crippen molar-refractivity contribution in [2.75, 3.05) is 13.4 Å². The van der Waals surface area contributed by atoms with Gasteiger partial charge in [-0.25, -0.2) is 0 Å². The molecule has 3 rings (SSSR count). The van der Waals surface area contributed by atoms with Crippen LogP contribution in [0.25, 0.3) is 0 Å². The minimum absolute atomic E-state index is 0.0480. The molecule has 1 aliphatic rings. The quantitative estimate of drug-likeness (QED) is 0.822. The van der Waals surface area contributed by atoms with Crippen LogP contribution in [0.4, 0.5) is 0 Å². The standard InChI is InChI=1S/C16H14O6/c17-7-10-1-3-14(12(18)5-10)20-8-13(19)11-2-4-15-16(6-11)22-9-21-15/h1-7,13,18-19H,8-9H2/t13-/m1/s1. The van der Waals surface area contributed by atoms with Crippen LogP contribution in [0.5, 0.6) is 23.0 Å². The van der Waals surface area contributed by atoms with Crippen molar-refractivity contribution >= 4 is 6.29 Å². The second kappa shape index (κ2) is 5.95. The van der Waals surface area contributed by atoms with Crippen LogP contribution >= 0.6 is 0 Å². The van der Waals surface area contributed by atoms with Crippen LogP contribution in [0.3, 0.4) is 0 Å². The lowest BCUT2D eigenvalue weighted by molar-refractivity contribution is 0.106. The fraction of sp³-hybridized carbons (Fsp3) is 0.188. The van der Waals surface area contributed by atoms with E-state index in [0.29, 0.717) is 28.9 Å². The molecule has 2 N–H and O–H groups in total. The number of phenolic OH excluding ortho intramolecular Hbond substituents is 1. The average molecular weight is 302 g/mol. The highest BCUT2D eigenvalue weighted by molar-refractivity contribution is 5.76. The average Bonchev–Trinajstić information content (AvgIpc) is 3.00. The van der Waals surface area contributed by atoms with Crippen LogP contribution in [-0.4, -0.2) is 29.9 Å². The maximum Gasteiger partial charge on any atom is 0.231 e. The Morgan fingerprint density at radius 1 is 1.18 bits per heavy atom. The second-order valence-electron chi connectivity index (χ2n) is 4.78. The Kier molecular flexibility index (Phi) is 3.84. The van der Waals surface area contributed by atoms with Crippen LogP contribution in [0.1, 0.15) is 22.0 Å². The Labute approximate surface area is 126 Å². The van der Waals surface area contributed by atoms with Gasteiger partial charge in [0.2, 0.25) is 6.79 Å². The van der Waals surface area contributed by atoms with Gasteiger partial charge in [0.05, 0.1) is 0 Å². The molecule has 1 atom stereocenters. The lowest BCUT2D eigenvalue weighted by Crippen LogP contribution is -2.09. The van der Waals surface area contributed by atoms with Crippen molar-refractivity contribution in [2.45, 2.75) is 6.10 Å². The number of carbonyl (C=O) groups is 1. The SMILES string of the molecule is O=Cc1ccc(OC[C@@H](O)c2ccc3c(c2)OCO3)c(O)c1. The normalized spacial score (nSPS) is 13.7. The first-order chi connectivity index (χ1) is 10.7. The first-order valence-corrected chi connectivity index (χ1v) is 6.66. The van der Waals surface area contributed by atoms with E-state index in [2.05, 4.69) is 0 Å². The van der Waals surface area contributed by atoms with Gasteiger partial charge < -0.3 is 24.4 Å². The van der Waals surface area contributed by atoms with Crippen molar-refractivity contribution in [3.8, 4) is 23.0 Å². The van der Waals surface area contributed by atoms with E-state index < -0.39 is 6.10 Å². The van der Waals surface area contributed by atoms with E-state index in [1.165, 1.54) is 18.2 Å². The van der Waals surface area contributed by atoms with Crippen LogP contribution in [0, 0.1) is 0 Å². The highest BCUT2D eigenvalue weighted by Gasteiger charge is 2.17. The third-order valence-corrected chi connectivity index (χ3v) is 3.30. The Morgan fingerprint density at radius 2 is 2.00 bits per heavy atom. The van der Waals surface area contributed by atoms with Crippen LogP contribution < -0.4 is 14.2 Å². The summed E-state index contributed by atoms with van der Waals surface area (Å²) >= 11 is 0. The summed E-state index contributed by atoms with van der Waals surface area (Å²) in [5.74, 6) is 1.27. The number of benzene rings is 2. The number of aliphatic hydroxyl groups excluding tert-OH is 1. The molecule has 1 heterocycles. The number of hydrogen-bond donors (Lipinski definition) is 2. The molecule has 0 saturated carbocycles. The minimum Gasteiger partial charge on any atom is -0.504 e. The largest absolute Gasteiger partial charge is 0.504 e. The molecule has 0 unspecified atom stereocenters. The molecular weight excluding hydrogens is 288 g/mol. The van der Waals surface area contributed by atoms with Gasteiger partial charge in [0.15, 0.2) is 23.0 Å². The van der Waals surface area contributed by atoms with Crippen molar-refractivity contribution < 1.29 is 29.2 Å².